The van der Waals surface area contributed by atoms with Gasteiger partial charge in [0.1, 0.15) is 0 Å². The molecule has 0 atom stereocenters. The van der Waals surface area contributed by atoms with Crippen molar-refractivity contribution in [3.05, 3.63) is 92.2 Å². The van der Waals surface area contributed by atoms with E-state index >= 15 is 0 Å². The average Bonchev–Trinajstić information content (AvgIpc) is 3.01. The van der Waals surface area contributed by atoms with Gasteiger partial charge in [-0.25, -0.2) is 9.13 Å². The van der Waals surface area contributed by atoms with Crippen LogP contribution >= 0.6 is 15.6 Å². The molecule has 0 spiro atoms. The summed E-state index contributed by atoms with van der Waals surface area (Å²) in [4.78, 5) is 18.9. The standard InChI is InChI=1S/C42H72O7P2/c1-33(2)19-13-21-35(5)23-15-25-37(7)27-17-29-39(9)41(11)31-47-51(46,49-50(43,44)45)48-32-42(12)40(10)30-18-28-38(8)26-16-24-36(6)22-14-20-34(3)4/h19-20,23-24,27-28H,13-18,21-22,25-26,29-32H2,1-12H3,(H2,43,44,45)/b35-23+,36-24+,37-27+,38-28+,41-39+,42-40+. The summed E-state index contributed by atoms with van der Waals surface area (Å²) >= 11 is 0. The van der Waals surface area contributed by atoms with E-state index in [1.807, 2.05) is 27.7 Å². The topological polar surface area (TPSA) is 102 Å². The molecule has 0 unspecified atom stereocenters. The Hall–Kier alpha value is -1.82. The molecule has 0 bridgehead atoms. The minimum atomic E-state index is -5.14. The van der Waals surface area contributed by atoms with Gasteiger partial charge in [0.15, 0.2) is 0 Å². The van der Waals surface area contributed by atoms with E-state index < -0.39 is 15.6 Å². The van der Waals surface area contributed by atoms with Gasteiger partial charge >= 0.3 is 15.6 Å². The van der Waals surface area contributed by atoms with Crippen LogP contribution in [0.4, 0.5) is 0 Å². The second-order valence-corrected chi connectivity index (χ2v) is 17.7. The summed E-state index contributed by atoms with van der Waals surface area (Å²) in [6.07, 6.45) is 25.5. The lowest BCUT2D eigenvalue weighted by Crippen LogP contribution is -2.05. The number of hydrogen-bond donors (Lipinski definition) is 2. The van der Waals surface area contributed by atoms with Crippen molar-refractivity contribution in [3.8, 4) is 0 Å². The van der Waals surface area contributed by atoms with Gasteiger partial charge in [-0.15, -0.1) is 0 Å². The number of hydrogen-bond acceptors (Lipinski definition) is 5. The van der Waals surface area contributed by atoms with E-state index in [9.17, 15) is 18.9 Å². The summed E-state index contributed by atoms with van der Waals surface area (Å²) in [5.41, 5.74) is 12.0. The van der Waals surface area contributed by atoms with Crippen molar-refractivity contribution in [2.45, 2.75) is 160 Å². The van der Waals surface area contributed by atoms with Crippen LogP contribution in [0.15, 0.2) is 92.2 Å². The van der Waals surface area contributed by atoms with Crippen molar-refractivity contribution in [1.82, 2.24) is 0 Å². The number of rotatable bonds is 26. The Labute approximate surface area is 312 Å². The van der Waals surface area contributed by atoms with Gasteiger partial charge in [-0.2, -0.15) is 4.31 Å². The molecule has 0 saturated carbocycles. The molecule has 51 heavy (non-hydrogen) atoms. The van der Waals surface area contributed by atoms with E-state index in [0.717, 1.165) is 99.3 Å². The molecule has 0 saturated heterocycles. The zero-order chi connectivity index (χ0) is 39.0. The molecule has 0 aromatic rings. The molecule has 0 fully saturated rings. The van der Waals surface area contributed by atoms with Crippen molar-refractivity contribution in [2.24, 2.45) is 0 Å². The third-order valence-electron chi connectivity index (χ3n) is 8.81. The van der Waals surface area contributed by atoms with Gasteiger partial charge < -0.3 is 9.79 Å². The predicted octanol–water partition coefficient (Wildman–Crippen LogP) is 14.3. The minimum absolute atomic E-state index is 0.126. The number of phosphoric ester groups is 1. The summed E-state index contributed by atoms with van der Waals surface area (Å²) in [5.74, 6) is 0. The molecule has 0 rings (SSSR count). The Morgan fingerprint density at radius 3 is 0.980 bits per heavy atom. The van der Waals surface area contributed by atoms with E-state index in [1.54, 1.807) is 0 Å². The minimum Gasteiger partial charge on any atom is -0.302 e. The lowest BCUT2D eigenvalue weighted by atomic mass is 10.0. The lowest BCUT2D eigenvalue weighted by Gasteiger charge is -2.19. The second kappa shape index (κ2) is 26.9. The maximum atomic E-state index is 13.3. The van der Waals surface area contributed by atoms with Gasteiger partial charge in [0.2, 0.25) is 0 Å². The molecule has 0 radical (unpaired) electrons. The fourth-order valence-electron chi connectivity index (χ4n) is 4.99. The van der Waals surface area contributed by atoms with E-state index in [-0.39, 0.29) is 13.2 Å². The largest absolute Gasteiger partial charge is 0.484 e. The Morgan fingerprint density at radius 2 is 0.706 bits per heavy atom. The first-order chi connectivity index (χ1) is 23.7. The molecule has 2 N–H and O–H groups in total. The molecule has 9 heteroatoms. The third kappa shape index (κ3) is 28.4. The zero-order valence-electron chi connectivity index (χ0n) is 34.2. The van der Waals surface area contributed by atoms with Gasteiger partial charge in [0.05, 0.1) is 13.2 Å². The molecule has 7 nitrogen and oxygen atoms in total. The summed E-state index contributed by atoms with van der Waals surface area (Å²) in [6.45, 7) is 24.6. The highest BCUT2D eigenvalue weighted by Gasteiger charge is 2.36. The quantitative estimate of drug-likeness (QED) is 0.0670. The lowest BCUT2D eigenvalue weighted by molar-refractivity contribution is 0.155. The van der Waals surface area contributed by atoms with Crippen molar-refractivity contribution >= 4 is 15.6 Å². The fourth-order valence-corrected chi connectivity index (χ4v) is 7.18. The summed E-state index contributed by atoms with van der Waals surface area (Å²) in [5, 5.41) is 0. The van der Waals surface area contributed by atoms with Crippen LogP contribution in [0.5, 0.6) is 0 Å². The van der Waals surface area contributed by atoms with Crippen molar-refractivity contribution < 1.29 is 32.3 Å². The van der Waals surface area contributed by atoms with Crippen LogP contribution in [0, 0.1) is 0 Å². The van der Waals surface area contributed by atoms with Crippen LogP contribution in [0.25, 0.3) is 0 Å². The van der Waals surface area contributed by atoms with Crippen LogP contribution in [0.1, 0.15) is 160 Å². The normalized spacial score (nSPS) is 15.6. The highest BCUT2D eigenvalue weighted by molar-refractivity contribution is 7.61. The highest BCUT2D eigenvalue weighted by Crippen LogP contribution is 2.61. The molecule has 0 amide bonds. The van der Waals surface area contributed by atoms with E-state index in [0.29, 0.717) is 0 Å². The van der Waals surface area contributed by atoms with Crippen LogP contribution in [-0.4, -0.2) is 23.0 Å². The Kier molecular flexibility index (Phi) is 25.9. The Bertz CT molecular complexity index is 1310. The molecule has 0 aliphatic rings. The predicted molar refractivity (Wildman–Crippen MR) is 219 cm³/mol. The van der Waals surface area contributed by atoms with Crippen molar-refractivity contribution in [2.75, 3.05) is 13.2 Å². The van der Waals surface area contributed by atoms with E-state index in [4.69, 9.17) is 9.05 Å². The molecule has 0 aromatic carbocycles. The first-order valence-corrected chi connectivity index (χ1v) is 21.6. The fraction of sp³-hybridized carbons (Fsp3) is 0.619. The van der Waals surface area contributed by atoms with Gasteiger partial charge in [0.25, 0.3) is 0 Å². The molecular formula is C42H72O7P2. The summed E-state index contributed by atoms with van der Waals surface area (Å²) < 4.78 is 40.5. The molecular weight excluding hydrogens is 678 g/mol. The second-order valence-electron chi connectivity index (χ2n) is 14.7. The summed E-state index contributed by atoms with van der Waals surface area (Å²) in [7, 11) is -9.69. The maximum absolute atomic E-state index is 13.3. The van der Waals surface area contributed by atoms with Crippen LogP contribution in [0.2, 0.25) is 0 Å². The van der Waals surface area contributed by atoms with E-state index in [1.165, 1.54) is 33.4 Å². The average molecular weight is 751 g/mol. The van der Waals surface area contributed by atoms with Crippen LogP contribution in [-0.2, 0) is 22.5 Å². The van der Waals surface area contributed by atoms with Crippen LogP contribution in [0.3, 0.4) is 0 Å². The monoisotopic (exact) mass is 750 g/mol. The Balaban J connectivity index is 5.05. The first kappa shape index (κ1) is 49.2. The van der Waals surface area contributed by atoms with Gasteiger partial charge in [0, 0.05) is 0 Å². The van der Waals surface area contributed by atoms with E-state index in [2.05, 4.69) is 96.2 Å². The van der Waals surface area contributed by atoms with Crippen molar-refractivity contribution in [1.29, 1.82) is 0 Å². The third-order valence-corrected chi connectivity index (χ3v) is 11.4. The first-order valence-electron chi connectivity index (χ1n) is 18.6. The molecule has 0 aromatic heterocycles. The zero-order valence-corrected chi connectivity index (χ0v) is 36.0. The molecule has 0 heterocycles. The molecule has 0 aliphatic heterocycles. The number of phosphoric acid groups is 2. The van der Waals surface area contributed by atoms with Gasteiger partial charge in [-0.3, -0.25) is 9.05 Å². The summed E-state index contributed by atoms with van der Waals surface area (Å²) in [6, 6.07) is 0. The van der Waals surface area contributed by atoms with Gasteiger partial charge in [-0.1, -0.05) is 81.0 Å². The van der Waals surface area contributed by atoms with Gasteiger partial charge in [-0.05, 0) is 171 Å². The maximum Gasteiger partial charge on any atom is 0.484 e. The smallest absolute Gasteiger partial charge is 0.302 e. The number of allylic oxidation sites excluding steroid dienone is 14. The molecule has 0 aliphatic carbocycles. The molecule has 292 valence electrons. The van der Waals surface area contributed by atoms with Crippen LogP contribution < -0.4 is 0 Å². The Morgan fingerprint density at radius 1 is 0.431 bits per heavy atom. The SMILES string of the molecule is CC(C)=CCC/C(C)=C/CC/C(C)=C/CC/C(C)=C(\C)COP(=O)(OC/C(C)=C(\C)CC/C=C(\C)CC/C=C(\C)CCC=C(C)C)OP(=O)(O)O. The highest BCUT2D eigenvalue weighted by atomic mass is 31.3. The van der Waals surface area contributed by atoms with Crippen molar-refractivity contribution in [3.63, 3.8) is 0 Å².